The van der Waals surface area contributed by atoms with Crippen molar-refractivity contribution in [3.05, 3.63) is 29.3 Å². The fourth-order valence-corrected chi connectivity index (χ4v) is 6.30. The number of rotatable bonds is 5. The molecule has 0 saturated heterocycles. The predicted octanol–water partition coefficient (Wildman–Crippen LogP) is 5.77. The van der Waals surface area contributed by atoms with E-state index in [2.05, 4.69) is 30.0 Å². The fourth-order valence-electron chi connectivity index (χ4n) is 6.11. The van der Waals surface area contributed by atoms with Crippen molar-refractivity contribution in [3.8, 4) is 0 Å². The van der Waals surface area contributed by atoms with Crippen molar-refractivity contribution in [1.82, 2.24) is 0 Å². The quantitative estimate of drug-likeness (QED) is 0.666. The summed E-state index contributed by atoms with van der Waals surface area (Å²) in [5, 5.41) is 0.853. The van der Waals surface area contributed by atoms with E-state index >= 15 is 0 Å². The van der Waals surface area contributed by atoms with Crippen molar-refractivity contribution in [1.29, 1.82) is 0 Å². The van der Waals surface area contributed by atoms with Crippen LogP contribution in [-0.2, 0) is 0 Å². The summed E-state index contributed by atoms with van der Waals surface area (Å²) in [5.74, 6) is 3.19. The van der Waals surface area contributed by atoms with E-state index in [1.807, 2.05) is 6.07 Å². The Morgan fingerprint density at radius 1 is 1.09 bits per heavy atom. The molecule has 0 atom stereocenters. The third-order valence-electron chi connectivity index (χ3n) is 6.63. The standard InChI is InChI=1S/C20H28ClN/c1-2-22(19-5-3-4-18(21)11-19)7-6-20-12-15-8-16(13-20)10-17(9-15)14-20/h3-5,11,15-17H,2,6-10,12-14H2,1H3. The lowest BCUT2D eigenvalue weighted by Gasteiger charge is -2.57. The largest absolute Gasteiger partial charge is 0.372 e. The normalized spacial score (nSPS) is 35.8. The first-order valence-electron chi connectivity index (χ1n) is 9.16. The summed E-state index contributed by atoms with van der Waals surface area (Å²) in [7, 11) is 0. The molecule has 1 aromatic carbocycles. The summed E-state index contributed by atoms with van der Waals surface area (Å²) in [6.45, 7) is 4.54. The van der Waals surface area contributed by atoms with E-state index in [4.69, 9.17) is 11.6 Å². The fraction of sp³-hybridized carbons (Fsp3) is 0.700. The number of anilines is 1. The average Bonchev–Trinajstić information content (AvgIpc) is 2.46. The third kappa shape index (κ3) is 2.77. The van der Waals surface area contributed by atoms with Crippen LogP contribution in [0.25, 0.3) is 0 Å². The lowest BCUT2D eigenvalue weighted by molar-refractivity contribution is -0.0559. The van der Waals surface area contributed by atoms with Crippen LogP contribution in [-0.4, -0.2) is 13.1 Å². The zero-order chi connectivity index (χ0) is 15.2. The molecular weight excluding hydrogens is 290 g/mol. The first-order chi connectivity index (χ1) is 10.7. The monoisotopic (exact) mass is 317 g/mol. The van der Waals surface area contributed by atoms with Crippen LogP contribution in [0.4, 0.5) is 5.69 Å². The number of hydrogen-bond acceptors (Lipinski definition) is 1. The van der Waals surface area contributed by atoms with Crippen LogP contribution in [0, 0.1) is 23.2 Å². The van der Waals surface area contributed by atoms with Gasteiger partial charge in [-0.1, -0.05) is 17.7 Å². The van der Waals surface area contributed by atoms with Gasteiger partial charge < -0.3 is 4.90 Å². The minimum absolute atomic E-state index is 0.681. The molecule has 4 fully saturated rings. The molecule has 0 amide bonds. The van der Waals surface area contributed by atoms with Gasteiger partial charge >= 0.3 is 0 Å². The number of hydrogen-bond donors (Lipinski definition) is 0. The van der Waals surface area contributed by atoms with Crippen LogP contribution >= 0.6 is 11.6 Å². The van der Waals surface area contributed by atoms with E-state index in [1.54, 1.807) is 19.3 Å². The summed E-state index contributed by atoms with van der Waals surface area (Å²) in [6.07, 6.45) is 10.6. The van der Waals surface area contributed by atoms with Crippen molar-refractivity contribution in [2.24, 2.45) is 23.2 Å². The van der Waals surface area contributed by atoms with Crippen LogP contribution in [0.1, 0.15) is 51.9 Å². The molecule has 5 rings (SSSR count). The Kier molecular flexibility index (Phi) is 3.88. The highest BCUT2D eigenvalue weighted by atomic mass is 35.5. The van der Waals surface area contributed by atoms with Gasteiger partial charge in [-0.3, -0.25) is 0 Å². The Bertz CT molecular complexity index is 503. The van der Waals surface area contributed by atoms with Crippen molar-refractivity contribution in [3.63, 3.8) is 0 Å². The smallest absolute Gasteiger partial charge is 0.0426 e. The van der Waals surface area contributed by atoms with Crippen LogP contribution in [0.2, 0.25) is 5.02 Å². The maximum absolute atomic E-state index is 6.18. The molecule has 2 heteroatoms. The molecule has 4 bridgehead atoms. The molecule has 0 unspecified atom stereocenters. The molecule has 0 radical (unpaired) electrons. The van der Waals surface area contributed by atoms with E-state index in [-0.39, 0.29) is 0 Å². The Balaban J connectivity index is 1.45. The van der Waals surface area contributed by atoms with Gasteiger partial charge in [0.05, 0.1) is 0 Å². The first-order valence-corrected chi connectivity index (χ1v) is 9.54. The second-order valence-electron chi connectivity index (χ2n) is 8.23. The molecule has 4 aliphatic carbocycles. The molecule has 0 heterocycles. The van der Waals surface area contributed by atoms with Crippen molar-refractivity contribution in [2.45, 2.75) is 51.9 Å². The Morgan fingerprint density at radius 3 is 2.27 bits per heavy atom. The van der Waals surface area contributed by atoms with Gasteiger partial charge in [0.2, 0.25) is 0 Å². The Morgan fingerprint density at radius 2 is 1.73 bits per heavy atom. The SMILES string of the molecule is CCN(CCC12CC3CC(CC(C3)C1)C2)c1cccc(Cl)c1. The van der Waals surface area contributed by atoms with Gasteiger partial charge in [0, 0.05) is 23.8 Å². The summed E-state index contributed by atoms with van der Waals surface area (Å²) < 4.78 is 0. The zero-order valence-electron chi connectivity index (χ0n) is 13.7. The second kappa shape index (κ2) is 5.74. The van der Waals surface area contributed by atoms with Gasteiger partial charge in [-0.15, -0.1) is 0 Å². The summed E-state index contributed by atoms with van der Waals surface area (Å²) >= 11 is 6.18. The van der Waals surface area contributed by atoms with Crippen LogP contribution < -0.4 is 4.90 Å². The van der Waals surface area contributed by atoms with E-state index in [1.165, 1.54) is 37.9 Å². The summed E-state index contributed by atoms with van der Waals surface area (Å²) in [5.41, 5.74) is 1.97. The van der Waals surface area contributed by atoms with E-state index in [0.717, 1.165) is 29.3 Å². The van der Waals surface area contributed by atoms with Gasteiger partial charge in [-0.05, 0) is 93.2 Å². The Labute approximate surface area is 140 Å². The highest BCUT2D eigenvalue weighted by molar-refractivity contribution is 6.30. The average molecular weight is 318 g/mol. The topological polar surface area (TPSA) is 3.24 Å². The molecule has 120 valence electrons. The van der Waals surface area contributed by atoms with Crippen molar-refractivity contribution >= 4 is 17.3 Å². The number of nitrogens with zero attached hydrogens (tertiary/aromatic N) is 1. The second-order valence-corrected chi connectivity index (χ2v) is 8.66. The summed E-state index contributed by atoms with van der Waals surface area (Å²) in [4.78, 5) is 2.52. The van der Waals surface area contributed by atoms with Crippen LogP contribution in [0.3, 0.4) is 0 Å². The maximum Gasteiger partial charge on any atom is 0.0426 e. The highest BCUT2D eigenvalue weighted by Crippen LogP contribution is 2.61. The molecule has 1 aromatic rings. The molecule has 1 nitrogen and oxygen atoms in total. The van der Waals surface area contributed by atoms with Gasteiger partial charge in [0.1, 0.15) is 0 Å². The van der Waals surface area contributed by atoms with E-state index < -0.39 is 0 Å². The minimum atomic E-state index is 0.681. The Hall–Kier alpha value is -0.690. The van der Waals surface area contributed by atoms with Gasteiger partial charge in [0.15, 0.2) is 0 Å². The zero-order valence-corrected chi connectivity index (χ0v) is 14.5. The predicted molar refractivity (Wildman–Crippen MR) is 94.6 cm³/mol. The van der Waals surface area contributed by atoms with Gasteiger partial charge in [-0.2, -0.15) is 0 Å². The van der Waals surface area contributed by atoms with Crippen LogP contribution in [0.5, 0.6) is 0 Å². The van der Waals surface area contributed by atoms with E-state index in [9.17, 15) is 0 Å². The van der Waals surface area contributed by atoms with Crippen LogP contribution in [0.15, 0.2) is 24.3 Å². The number of benzene rings is 1. The maximum atomic E-state index is 6.18. The van der Waals surface area contributed by atoms with Crippen molar-refractivity contribution in [2.75, 3.05) is 18.0 Å². The molecule has 0 N–H and O–H groups in total. The molecular formula is C20H28ClN. The first kappa shape index (κ1) is 14.9. The molecule has 4 saturated carbocycles. The lowest BCUT2D eigenvalue weighted by atomic mass is 9.49. The lowest BCUT2D eigenvalue weighted by Crippen LogP contribution is -2.47. The third-order valence-corrected chi connectivity index (χ3v) is 6.87. The molecule has 0 spiro atoms. The van der Waals surface area contributed by atoms with E-state index in [0.29, 0.717) is 5.41 Å². The minimum Gasteiger partial charge on any atom is -0.372 e. The molecule has 4 aliphatic rings. The molecule has 22 heavy (non-hydrogen) atoms. The van der Waals surface area contributed by atoms with Gasteiger partial charge in [0.25, 0.3) is 0 Å². The summed E-state index contributed by atoms with van der Waals surface area (Å²) in [6, 6.07) is 8.36. The number of halogens is 1. The van der Waals surface area contributed by atoms with Gasteiger partial charge in [-0.25, -0.2) is 0 Å². The van der Waals surface area contributed by atoms with Crippen molar-refractivity contribution < 1.29 is 0 Å². The highest BCUT2D eigenvalue weighted by Gasteiger charge is 2.50. The molecule has 0 aliphatic heterocycles. The molecule has 0 aromatic heterocycles.